The van der Waals surface area contributed by atoms with Crippen molar-refractivity contribution in [1.29, 1.82) is 0 Å². The van der Waals surface area contributed by atoms with Crippen LogP contribution in [0.4, 0.5) is 20.6 Å². The molecule has 3 aliphatic heterocycles. The first-order valence-electron chi connectivity index (χ1n) is 17.7. The molecule has 4 heterocycles. The van der Waals surface area contributed by atoms with Crippen molar-refractivity contribution in [2.24, 2.45) is 5.92 Å². The molecule has 49 heavy (non-hydrogen) atoms. The fourth-order valence-electron chi connectivity index (χ4n) is 8.03. The van der Waals surface area contributed by atoms with E-state index < -0.39 is 17.8 Å². The normalized spacial score (nSPS) is 21.4. The van der Waals surface area contributed by atoms with Crippen molar-refractivity contribution < 1.29 is 18.7 Å². The van der Waals surface area contributed by atoms with Crippen LogP contribution in [-0.2, 0) is 15.2 Å². The van der Waals surface area contributed by atoms with Crippen LogP contribution in [0.3, 0.4) is 0 Å². The van der Waals surface area contributed by atoms with Crippen LogP contribution in [-0.4, -0.2) is 66.2 Å². The molecular weight excluding hydrogens is 619 g/mol. The number of hydrogen-bond donors (Lipinski definition) is 2. The number of ether oxygens (including phenoxy) is 1. The second-order valence-corrected chi connectivity index (χ2v) is 14.1. The highest BCUT2D eigenvalue weighted by Crippen LogP contribution is 2.41. The molecule has 7 rings (SSSR count). The number of anilines is 2. The molecule has 10 heteroatoms. The monoisotopic (exact) mass is 666 g/mol. The molecule has 0 spiro atoms. The quantitative estimate of drug-likeness (QED) is 0.203. The summed E-state index contributed by atoms with van der Waals surface area (Å²) in [5.74, 6) is 0.585. The van der Waals surface area contributed by atoms with E-state index in [4.69, 9.17) is 9.72 Å². The van der Waals surface area contributed by atoms with Gasteiger partial charge in [0.15, 0.2) is 0 Å². The molecule has 0 aliphatic carbocycles. The molecule has 3 fully saturated rings. The van der Waals surface area contributed by atoms with Crippen LogP contribution in [0.25, 0.3) is 11.0 Å². The standard InChI is InChI=1S/C39H47FN6O3/c1-26(2)35(43-38(48)49-3)37(47)46-22-8-12-34(46)36-41-31-18-13-27(25-32(31)42-36)33-11-7-21-45(33)30-16-14-29(15-17-30)44-23-19-39(40,20-24-44)28-9-5-4-6-10-28/h4-6,9-10,13-18,25-26,33-35H,7-8,11-12,19-24H2,1-3H3,(H,41,42)(H,43,48)/t33-,34+,35?/m1/s1. The summed E-state index contributed by atoms with van der Waals surface area (Å²) in [4.78, 5) is 40.7. The molecule has 9 nitrogen and oxygen atoms in total. The first kappa shape index (κ1) is 32.9. The second-order valence-electron chi connectivity index (χ2n) is 14.1. The van der Waals surface area contributed by atoms with Gasteiger partial charge < -0.3 is 29.7 Å². The molecule has 0 saturated carbocycles. The molecule has 3 aromatic carbocycles. The molecule has 1 unspecified atom stereocenters. The van der Waals surface area contributed by atoms with E-state index in [1.807, 2.05) is 49.1 Å². The Morgan fingerprint density at radius 2 is 1.61 bits per heavy atom. The number of fused-ring (bicyclic) bond motifs is 1. The average Bonchev–Trinajstić information content (AvgIpc) is 3.90. The minimum atomic E-state index is -1.26. The molecule has 0 radical (unpaired) electrons. The van der Waals surface area contributed by atoms with E-state index in [1.165, 1.54) is 18.4 Å². The number of alkyl halides is 1. The van der Waals surface area contributed by atoms with Crippen LogP contribution >= 0.6 is 0 Å². The summed E-state index contributed by atoms with van der Waals surface area (Å²) >= 11 is 0. The number of amides is 2. The molecule has 3 saturated heterocycles. The Kier molecular flexibility index (Phi) is 9.22. The number of nitrogens with zero attached hydrogens (tertiary/aromatic N) is 4. The van der Waals surface area contributed by atoms with E-state index >= 15 is 4.39 Å². The largest absolute Gasteiger partial charge is 0.453 e. The van der Waals surface area contributed by atoms with Gasteiger partial charge in [-0.15, -0.1) is 0 Å². The average molecular weight is 667 g/mol. The molecule has 2 amide bonds. The highest BCUT2D eigenvalue weighted by atomic mass is 19.1. The number of imidazole rings is 1. The predicted octanol–water partition coefficient (Wildman–Crippen LogP) is 7.41. The summed E-state index contributed by atoms with van der Waals surface area (Å²) in [7, 11) is 1.31. The topological polar surface area (TPSA) is 93.8 Å². The number of carbonyl (C=O) groups excluding carboxylic acids is 2. The molecule has 3 atom stereocenters. The third-order valence-corrected chi connectivity index (χ3v) is 10.8. The molecule has 0 bridgehead atoms. The third kappa shape index (κ3) is 6.57. The highest BCUT2D eigenvalue weighted by Gasteiger charge is 2.38. The Labute approximate surface area is 287 Å². The number of piperidine rings is 1. The smallest absolute Gasteiger partial charge is 0.407 e. The van der Waals surface area contributed by atoms with Crippen molar-refractivity contribution in [1.82, 2.24) is 20.2 Å². The lowest BCUT2D eigenvalue weighted by atomic mass is 9.86. The van der Waals surface area contributed by atoms with Crippen molar-refractivity contribution >= 4 is 34.4 Å². The van der Waals surface area contributed by atoms with Gasteiger partial charge in [0.2, 0.25) is 5.91 Å². The number of aromatic amines is 1. The lowest BCUT2D eigenvalue weighted by Crippen LogP contribution is -2.51. The molecule has 258 valence electrons. The predicted molar refractivity (Wildman–Crippen MR) is 190 cm³/mol. The number of methoxy groups -OCH3 is 1. The molecule has 4 aromatic rings. The van der Waals surface area contributed by atoms with Gasteiger partial charge in [0.1, 0.15) is 17.5 Å². The third-order valence-electron chi connectivity index (χ3n) is 10.8. The van der Waals surface area contributed by atoms with Gasteiger partial charge in [0.05, 0.1) is 30.2 Å². The van der Waals surface area contributed by atoms with Crippen molar-refractivity contribution in [2.45, 2.75) is 76.2 Å². The Morgan fingerprint density at radius 1 is 0.918 bits per heavy atom. The van der Waals surface area contributed by atoms with Gasteiger partial charge in [-0.3, -0.25) is 4.79 Å². The Balaban J connectivity index is 1.04. The van der Waals surface area contributed by atoms with Crippen LogP contribution in [0.1, 0.15) is 81.4 Å². The van der Waals surface area contributed by atoms with Crippen molar-refractivity contribution in [2.75, 3.05) is 43.1 Å². The van der Waals surface area contributed by atoms with Crippen LogP contribution < -0.4 is 15.1 Å². The number of alkyl carbamates (subject to hydrolysis) is 1. The van der Waals surface area contributed by atoms with E-state index in [9.17, 15) is 9.59 Å². The maximum absolute atomic E-state index is 15.7. The first-order valence-corrected chi connectivity index (χ1v) is 17.7. The number of aromatic nitrogens is 2. The van der Waals surface area contributed by atoms with Gasteiger partial charge in [0.25, 0.3) is 0 Å². The number of H-pyrrole nitrogens is 1. The summed E-state index contributed by atoms with van der Waals surface area (Å²) in [6.45, 7) is 6.83. The van der Waals surface area contributed by atoms with E-state index in [2.05, 4.69) is 62.6 Å². The number of hydrogen-bond acceptors (Lipinski definition) is 6. The van der Waals surface area contributed by atoms with E-state index in [-0.39, 0.29) is 23.9 Å². The van der Waals surface area contributed by atoms with Crippen molar-refractivity contribution in [3.8, 4) is 0 Å². The lowest BCUT2D eigenvalue weighted by Gasteiger charge is -2.38. The van der Waals surface area contributed by atoms with Crippen LogP contribution in [0.15, 0.2) is 72.8 Å². The minimum absolute atomic E-state index is 0.0852. The number of likely N-dealkylation sites (tertiary alicyclic amines) is 1. The molecular formula is C39H47FN6O3. The number of halogens is 1. The summed E-state index contributed by atoms with van der Waals surface area (Å²) in [6, 6.07) is 24.2. The van der Waals surface area contributed by atoms with Gasteiger partial charge in [-0.2, -0.15) is 0 Å². The summed E-state index contributed by atoms with van der Waals surface area (Å²) < 4.78 is 20.5. The minimum Gasteiger partial charge on any atom is -0.453 e. The van der Waals surface area contributed by atoms with E-state index in [1.54, 1.807) is 0 Å². The van der Waals surface area contributed by atoms with Gasteiger partial charge in [-0.25, -0.2) is 14.2 Å². The molecule has 2 N–H and O–H groups in total. The number of benzene rings is 3. The van der Waals surface area contributed by atoms with Crippen molar-refractivity contribution in [3.63, 3.8) is 0 Å². The van der Waals surface area contributed by atoms with Gasteiger partial charge in [-0.1, -0.05) is 50.2 Å². The van der Waals surface area contributed by atoms with Gasteiger partial charge in [0, 0.05) is 50.4 Å². The number of nitrogens with one attached hydrogen (secondary N) is 2. The van der Waals surface area contributed by atoms with Gasteiger partial charge >= 0.3 is 6.09 Å². The Morgan fingerprint density at radius 3 is 2.33 bits per heavy atom. The van der Waals surface area contributed by atoms with Crippen LogP contribution in [0, 0.1) is 5.92 Å². The second kappa shape index (κ2) is 13.7. The lowest BCUT2D eigenvalue weighted by molar-refractivity contribution is -0.135. The van der Waals surface area contributed by atoms with Gasteiger partial charge in [-0.05, 0) is 79.1 Å². The fraction of sp³-hybridized carbons (Fsp3) is 0.462. The van der Waals surface area contributed by atoms with E-state index in [0.29, 0.717) is 32.5 Å². The number of carbonyl (C=O) groups is 2. The van der Waals surface area contributed by atoms with Crippen LogP contribution in [0.2, 0.25) is 0 Å². The van der Waals surface area contributed by atoms with Crippen LogP contribution in [0.5, 0.6) is 0 Å². The van der Waals surface area contributed by atoms with Crippen molar-refractivity contribution in [3.05, 3.63) is 89.7 Å². The summed E-state index contributed by atoms with van der Waals surface area (Å²) in [6.07, 6.45) is 4.24. The zero-order chi connectivity index (χ0) is 34.1. The number of rotatable bonds is 8. The Hall–Kier alpha value is -4.60. The maximum Gasteiger partial charge on any atom is 0.407 e. The molecule has 1 aromatic heterocycles. The summed E-state index contributed by atoms with van der Waals surface area (Å²) in [5.41, 5.74) is 4.94. The highest BCUT2D eigenvalue weighted by molar-refractivity contribution is 5.86. The summed E-state index contributed by atoms with van der Waals surface area (Å²) in [5, 5.41) is 2.72. The van der Waals surface area contributed by atoms with E-state index in [0.717, 1.165) is 60.3 Å². The Bertz CT molecular complexity index is 1770. The maximum atomic E-state index is 15.7. The zero-order valence-corrected chi connectivity index (χ0v) is 28.7. The fourth-order valence-corrected chi connectivity index (χ4v) is 8.03. The SMILES string of the molecule is COC(=O)NC(C(=O)N1CCC[C@H]1c1nc2ccc([C@H]3CCCN3c3ccc(N4CCC(F)(c5ccccc5)CC4)cc3)cc2[nH]1)C(C)C. The first-order chi connectivity index (χ1) is 23.7. The molecule has 3 aliphatic rings. The zero-order valence-electron chi connectivity index (χ0n) is 28.7.